The molecule has 0 unspecified atom stereocenters. The van der Waals surface area contributed by atoms with Gasteiger partial charge in [-0.25, -0.2) is 9.59 Å². The van der Waals surface area contributed by atoms with Crippen LogP contribution in [-0.4, -0.2) is 47.9 Å². The Hall–Kier alpha value is -2.90. The van der Waals surface area contributed by atoms with E-state index in [9.17, 15) is 19.2 Å². The first-order valence-corrected chi connectivity index (χ1v) is 9.68. The fourth-order valence-electron chi connectivity index (χ4n) is 4.80. The van der Waals surface area contributed by atoms with E-state index >= 15 is 0 Å². The van der Waals surface area contributed by atoms with Gasteiger partial charge >= 0.3 is 12.0 Å². The molecule has 0 radical (unpaired) electrons. The van der Waals surface area contributed by atoms with Crippen LogP contribution in [0.1, 0.15) is 50.4 Å². The highest BCUT2D eigenvalue weighted by molar-refractivity contribution is 6.10. The molecular formula is C21H27N3O5. The molecule has 156 valence electrons. The predicted molar refractivity (Wildman–Crippen MR) is 106 cm³/mol. The van der Waals surface area contributed by atoms with Gasteiger partial charge in [0.15, 0.2) is 0 Å². The fraction of sp³-hybridized carbons (Fsp3) is 0.524. The highest BCUT2D eigenvalue weighted by Gasteiger charge is 2.56. The van der Waals surface area contributed by atoms with Gasteiger partial charge in [0.1, 0.15) is 12.1 Å². The summed E-state index contributed by atoms with van der Waals surface area (Å²) in [6.45, 7) is 5.91. The number of carbonyl (C=O) groups is 4. The van der Waals surface area contributed by atoms with E-state index in [-0.39, 0.29) is 17.9 Å². The van der Waals surface area contributed by atoms with Gasteiger partial charge in [-0.05, 0) is 54.9 Å². The van der Waals surface area contributed by atoms with Crippen LogP contribution in [0.2, 0.25) is 0 Å². The Kier molecular flexibility index (Phi) is 5.38. The summed E-state index contributed by atoms with van der Waals surface area (Å²) in [5, 5.41) is 5.50. The van der Waals surface area contributed by atoms with Gasteiger partial charge in [-0.2, -0.15) is 0 Å². The summed E-state index contributed by atoms with van der Waals surface area (Å²) in [6, 6.07) is 5.63. The van der Waals surface area contributed by atoms with Gasteiger partial charge in [0.05, 0.1) is 12.7 Å². The quantitative estimate of drug-likeness (QED) is 0.596. The third kappa shape index (κ3) is 4.26. The van der Waals surface area contributed by atoms with Gasteiger partial charge in [0.2, 0.25) is 5.91 Å². The van der Waals surface area contributed by atoms with Crippen molar-refractivity contribution in [2.24, 2.45) is 11.3 Å². The Morgan fingerprint density at radius 3 is 2.45 bits per heavy atom. The summed E-state index contributed by atoms with van der Waals surface area (Å²) in [7, 11) is 1.29. The number of carbonyl (C=O) groups excluding carboxylic acids is 4. The number of imide groups is 1. The summed E-state index contributed by atoms with van der Waals surface area (Å²) in [4.78, 5) is 50.4. The number of amides is 4. The molecule has 2 aliphatic rings. The lowest BCUT2D eigenvalue weighted by Gasteiger charge is -2.43. The van der Waals surface area contributed by atoms with E-state index in [1.54, 1.807) is 12.1 Å². The average Bonchev–Trinajstić information content (AvgIpc) is 2.83. The van der Waals surface area contributed by atoms with Crippen LogP contribution in [-0.2, 0) is 14.3 Å². The van der Waals surface area contributed by atoms with E-state index in [2.05, 4.69) is 36.1 Å². The standard InChI is InChI=1S/C21H27N3O5/c1-13-9-20(2,3)12-21(10-13)18(27)24(19(28)23-21)11-16(25)22-15-7-5-14(6-8-15)17(26)29-4/h5-8,13H,9-12H2,1-4H3,(H,22,25)(H,23,28)/t13-,21-/m1/s1. The molecule has 1 aliphatic heterocycles. The molecule has 0 aromatic heterocycles. The first kappa shape index (κ1) is 20.8. The zero-order valence-electron chi connectivity index (χ0n) is 17.2. The Morgan fingerprint density at radius 2 is 1.86 bits per heavy atom. The van der Waals surface area contributed by atoms with E-state index in [1.807, 2.05) is 0 Å². The molecule has 1 aromatic rings. The minimum atomic E-state index is -0.930. The number of methoxy groups -OCH3 is 1. The molecule has 2 atom stereocenters. The number of ether oxygens (including phenoxy) is 1. The van der Waals surface area contributed by atoms with Crippen molar-refractivity contribution in [2.75, 3.05) is 19.0 Å². The lowest BCUT2D eigenvalue weighted by atomic mass is 9.64. The van der Waals surface area contributed by atoms with Crippen LogP contribution in [0.5, 0.6) is 0 Å². The van der Waals surface area contributed by atoms with Gasteiger partial charge in [0.25, 0.3) is 5.91 Å². The Balaban J connectivity index is 1.67. The molecule has 2 fully saturated rings. The first-order valence-electron chi connectivity index (χ1n) is 9.68. The third-order valence-electron chi connectivity index (χ3n) is 5.52. The van der Waals surface area contributed by atoms with Crippen LogP contribution >= 0.6 is 0 Å². The molecular weight excluding hydrogens is 374 g/mol. The summed E-state index contributed by atoms with van der Waals surface area (Å²) in [5.74, 6) is -1.000. The highest BCUT2D eigenvalue weighted by Crippen LogP contribution is 2.46. The molecule has 29 heavy (non-hydrogen) atoms. The normalized spacial score (nSPS) is 25.7. The Labute approximate surface area is 170 Å². The molecule has 1 saturated heterocycles. The number of nitrogens with one attached hydrogen (secondary N) is 2. The van der Waals surface area contributed by atoms with E-state index in [0.717, 1.165) is 11.3 Å². The first-order chi connectivity index (χ1) is 13.5. The van der Waals surface area contributed by atoms with Crippen LogP contribution in [0.25, 0.3) is 0 Å². The molecule has 8 nitrogen and oxygen atoms in total. The van der Waals surface area contributed by atoms with E-state index in [1.165, 1.54) is 19.2 Å². The predicted octanol–water partition coefficient (Wildman–Crippen LogP) is 2.55. The molecule has 0 bridgehead atoms. The van der Waals surface area contributed by atoms with Crippen molar-refractivity contribution in [2.45, 2.75) is 45.6 Å². The number of benzene rings is 1. The highest BCUT2D eigenvalue weighted by atomic mass is 16.5. The van der Waals surface area contributed by atoms with Gasteiger partial charge in [-0.15, -0.1) is 0 Å². The van der Waals surface area contributed by atoms with Crippen molar-refractivity contribution in [3.05, 3.63) is 29.8 Å². The maximum atomic E-state index is 13.1. The number of nitrogens with zero attached hydrogens (tertiary/aromatic N) is 1. The summed E-state index contributed by atoms with van der Waals surface area (Å²) in [5.41, 5.74) is -0.187. The molecule has 1 aromatic carbocycles. The molecule has 8 heteroatoms. The molecule has 3 rings (SSSR count). The smallest absolute Gasteiger partial charge is 0.337 e. The second kappa shape index (κ2) is 7.50. The monoisotopic (exact) mass is 401 g/mol. The molecule has 1 saturated carbocycles. The number of anilines is 1. The molecule has 2 N–H and O–H groups in total. The molecule has 1 heterocycles. The summed E-state index contributed by atoms with van der Waals surface area (Å²) < 4.78 is 4.63. The van der Waals surface area contributed by atoms with Crippen molar-refractivity contribution in [3.63, 3.8) is 0 Å². The molecule has 1 spiro atoms. The largest absolute Gasteiger partial charge is 0.465 e. The lowest BCUT2D eigenvalue weighted by Crippen LogP contribution is -2.54. The van der Waals surface area contributed by atoms with Crippen LogP contribution in [0.3, 0.4) is 0 Å². The van der Waals surface area contributed by atoms with Crippen LogP contribution in [0.15, 0.2) is 24.3 Å². The summed E-state index contributed by atoms with van der Waals surface area (Å²) in [6.07, 6.45) is 2.12. The van der Waals surface area contributed by atoms with Crippen LogP contribution < -0.4 is 10.6 Å². The molecule has 1 aliphatic carbocycles. The number of urea groups is 1. The lowest BCUT2D eigenvalue weighted by molar-refractivity contribution is -0.136. The minimum absolute atomic E-state index is 0.0692. The second-order valence-electron chi connectivity index (χ2n) is 8.88. The summed E-state index contributed by atoms with van der Waals surface area (Å²) >= 11 is 0. The van der Waals surface area contributed by atoms with E-state index in [0.29, 0.717) is 30.0 Å². The number of hydrogen-bond acceptors (Lipinski definition) is 5. The topological polar surface area (TPSA) is 105 Å². The van der Waals surface area contributed by atoms with Crippen LogP contribution in [0, 0.1) is 11.3 Å². The van der Waals surface area contributed by atoms with Crippen molar-refractivity contribution < 1.29 is 23.9 Å². The third-order valence-corrected chi connectivity index (χ3v) is 5.52. The zero-order chi connectivity index (χ0) is 21.4. The van der Waals surface area contributed by atoms with E-state index in [4.69, 9.17) is 0 Å². The average molecular weight is 401 g/mol. The molecule has 4 amide bonds. The van der Waals surface area contributed by atoms with Gasteiger partial charge < -0.3 is 15.4 Å². The maximum Gasteiger partial charge on any atom is 0.337 e. The maximum absolute atomic E-state index is 13.1. The van der Waals surface area contributed by atoms with Crippen LogP contribution in [0.4, 0.5) is 10.5 Å². The van der Waals surface area contributed by atoms with Crippen molar-refractivity contribution in [3.8, 4) is 0 Å². The number of hydrogen-bond donors (Lipinski definition) is 2. The van der Waals surface area contributed by atoms with Crippen molar-refractivity contribution in [1.29, 1.82) is 0 Å². The van der Waals surface area contributed by atoms with Crippen molar-refractivity contribution >= 4 is 29.5 Å². The fourth-order valence-corrected chi connectivity index (χ4v) is 4.80. The zero-order valence-corrected chi connectivity index (χ0v) is 17.2. The van der Waals surface area contributed by atoms with Gasteiger partial charge in [-0.3, -0.25) is 14.5 Å². The Bertz CT molecular complexity index is 848. The minimum Gasteiger partial charge on any atom is -0.465 e. The van der Waals surface area contributed by atoms with Gasteiger partial charge in [-0.1, -0.05) is 20.8 Å². The second-order valence-corrected chi connectivity index (χ2v) is 8.88. The van der Waals surface area contributed by atoms with Crippen molar-refractivity contribution in [1.82, 2.24) is 10.2 Å². The van der Waals surface area contributed by atoms with E-state index < -0.39 is 23.4 Å². The Morgan fingerprint density at radius 1 is 1.21 bits per heavy atom. The van der Waals surface area contributed by atoms with Gasteiger partial charge in [0, 0.05) is 5.69 Å². The number of rotatable bonds is 4. The number of esters is 1. The SMILES string of the molecule is COC(=O)c1ccc(NC(=O)CN2C(=O)N[C@@]3(C[C@H](C)CC(C)(C)C3)C2=O)cc1.